The molecular formula is C13H28N3O+. The van der Waals surface area contributed by atoms with Crippen molar-refractivity contribution in [2.75, 3.05) is 59.9 Å². The van der Waals surface area contributed by atoms with E-state index in [2.05, 4.69) is 18.7 Å². The van der Waals surface area contributed by atoms with Gasteiger partial charge in [0.15, 0.2) is 6.54 Å². The molecule has 1 rings (SSSR count). The van der Waals surface area contributed by atoms with Crippen LogP contribution in [-0.4, -0.2) is 80.1 Å². The van der Waals surface area contributed by atoms with E-state index in [4.69, 9.17) is 0 Å². The highest BCUT2D eigenvalue weighted by Crippen LogP contribution is 2.14. The standard InChI is InChI=1S/C13H28N3O/c1-5-9-16(12-13(17)14(3)4)10-7-15(6-2)8-11-16/h5-12H2,1-4H3/q+1. The van der Waals surface area contributed by atoms with Gasteiger partial charge in [-0.25, -0.2) is 0 Å². The van der Waals surface area contributed by atoms with Crippen molar-refractivity contribution in [1.29, 1.82) is 0 Å². The maximum Gasteiger partial charge on any atom is 0.277 e. The zero-order valence-corrected chi connectivity index (χ0v) is 11.9. The van der Waals surface area contributed by atoms with Crippen LogP contribution in [0.5, 0.6) is 0 Å². The van der Waals surface area contributed by atoms with Gasteiger partial charge in [0, 0.05) is 27.2 Å². The van der Waals surface area contributed by atoms with Crippen LogP contribution in [0.25, 0.3) is 0 Å². The van der Waals surface area contributed by atoms with Crippen molar-refractivity contribution < 1.29 is 9.28 Å². The van der Waals surface area contributed by atoms with E-state index in [1.807, 2.05) is 14.1 Å². The highest BCUT2D eigenvalue weighted by atomic mass is 16.2. The summed E-state index contributed by atoms with van der Waals surface area (Å²) in [5.41, 5.74) is 0. The Bertz CT molecular complexity index is 245. The van der Waals surface area contributed by atoms with Crippen molar-refractivity contribution in [1.82, 2.24) is 9.80 Å². The third kappa shape index (κ3) is 3.96. The molecule has 17 heavy (non-hydrogen) atoms. The van der Waals surface area contributed by atoms with E-state index in [9.17, 15) is 4.79 Å². The minimum atomic E-state index is 0.267. The number of nitrogens with zero attached hydrogens (tertiary/aromatic N) is 3. The SMILES string of the molecule is CCC[N+]1(CC(=O)N(C)C)CCN(CC)CC1. The van der Waals surface area contributed by atoms with Crippen LogP contribution in [-0.2, 0) is 4.79 Å². The third-order valence-electron chi connectivity index (χ3n) is 3.90. The molecule has 4 heteroatoms. The normalized spacial score (nSPS) is 20.2. The van der Waals surface area contributed by atoms with Gasteiger partial charge in [0.2, 0.25) is 0 Å². The van der Waals surface area contributed by atoms with E-state index < -0.39 is 0 Å². The Kier molecular flexibility index (Phi) is 5.40. The molecule has 0 N–H and O–H groups in total. The lowest BCUT2D eigenvalue weighted by molar-refractivity contribution is -0.925. The van der Waals surface area contributed by atoms with Crippen LogP contribution < -0.4 is 0 Å². The lowest BCUT2D eigenvalue weighted by Crippen LogP contribution is -2.62. The van der Waals surface area contributed by atoms with Gasteiger partial charge < -0.3 is 9.38 Å². The summed E-state index contributed by atoms with van der Waals surface area (Å²) in [4.78, 5) is 16.1. The lowest BCUT2D eigenvalue weighted by atomic mass is 10.2. The maximum atomic E-state index is 11.9. The summed E-state index contributed by atoms with van der Waals surface area (Å²) in [7, 11) is 3.71. The summed E-state index contributed by atoms with van der Waals surface area (Å²) in [5, 5.41) is 0. The van der Waals surface area contributed by atoms with Crippen LogP contribution in [0, 0.1) is 0 Å². The van der Waals surface area contributed by atoms with Crippen molar-refractivity contribution in [3.05, 3.63) is 0 Å². The summed E-state index contributed by atoms with van der Waals surface area (Å²) in [6, 6.07) is 0. The molecule has 0 bridgehead atoms. The number of amides is 1. The second kappa shape index (κ2) is 6.36. The third-order valence-corrected chi connectivity index (χ3v) is 3.90. The second-order valence-corrected chi connectivity index (χ2v) is 5.39. The number of piperazine rings is 1. The number of rotatable bonds is 5. The van der Waals surface area contributed by atoms with Gasteiger partial charge in [0.25, 0.3) is 5.91 Å². The molecule has 0 spiro atoms. The van der Waals surface area contributed by atoms with Crippen molar-refractivity contribution in [2.24, 2.45) is 0 Å². The molecule has 0 aliphatic carbocycles. The van der Waals surface area contributed by atoms with Gasteiger partial charge in [-0.1, -0.05) is 13.8 Å². The number of carbonyl (C=O) groups excluding carboxylic acids is 1. The first kappa shape index (κ1) is 14.5. The summed E-state index contributed by atoms with van der Waals surface area (Å²) in [6.07, 6.45) is 1.16. The van der Waals surface area contributed by atoms with Gasteiger partial charge >= 0.3 is 0 Å². The maximum absolute atomic E-state index is 11.9. The monoisotopic (exact) mass is 242 g/mol. The topological polar surface area (TPSA) is 23.6 Å². The molecule has 0 aromatic heterocycles. The minimum absolute atomic E-state index is 0.267. The van der Waals surface area contributed by atoms with Gasteiger partial charge in [0.05, 0.1) is 19.6 Å². The van der Waals surface area contributed by atoms with E-state index in [-0.39, 0.29) is 5.91 Å². The molecule has 1 aliphatic rings. The first-order valence-electron chi connectivity index (χ1n) is 6.80. The van der Waals surface area contributed by atoms with E-state index in [0.29, 0.717) is 6.54 Å². The zero-order valence-electron chi connectivity index (χ0n) is 11.9. The fraction of sp³-hybridized carbons (Fsp3) is 0.923. The molecule has 4 nitrogen and oxygen atoms in total. The lowest BCUT2D eigenvalue weighted by Gasteiger charge is -2.44. The fourth-order valence-electron chi connectivity index (χ4n) is 2.61. The van der Waals surface area contributed by atoms with Gasteiger partial charge in [0.1, 0.15) is 0 Å². The number of likely N-dealkylation sites (N-methyl/N-ethyl adjacent to an activating group) is 2. The Morgan fingerprint density at radius 1 is 1.24 bits per heavy atom. The average Bonchev–Trinajstić information content (AvgIpc) is 2.30. The molecule has 0 aromatic rings. The number of hydrogen-bond donors (Lipinski definition) is 0. The summed E-state index contributed by atoms with van der Waals surface area (Å²) in [5.74, 6) is 0.267. The molecular weight excluding hydrogens is 214 g/mol. The predicted octanol–water partition coefficient (Wildman–Crippen LogP) is 0.637. The van der Waals surface area contributed by atoms with Crippen molar-refractivity contribution in [2.45, 2.75) is 20.3 Å². The Morgan fingerprint density at radius 3 is 2.24 bits per heavy atom. The Hall–Kier alpha value is -0.610. The molecule has 0 saturated carbocycles. The summed E-state index contributed by atoms with van der Waals surface area (Å²) < 4.78 is 0.990. The Morgan fingerprint density at radius 2 is 1.82 bits per heavy atom. The number of quaternary nitrogens is 1. The summed E-state index contributed by atoms with van der Waals surface area (Å²) in [6.45, 7) is 11.9. The first-order chi connectivity index (χ1) is 8.03. The van der Waals surface area contributed by atoms with Crippen LogP contribution in [0.4, 0.5) is 0 Å². The molecule has 0 atom stereocenters. The first-order valence-corrected chi connectivity index (χ1v) is 6.80. The number of carbonyl (C=O) groups is 1. The zero-order chi connectivity index (χ0) is 12.9. The molecule has 1 fully saturated rings. The van der Waals surface area contributed by atoms with Gasteiger partial charge in [-0.3, -0.25) is 9.69 Å². The molecule has 1 aliphatic heterocycles. The quantitative estimate of drug-likeness (QED) is 0.661. The fourth-order valence-corrected chi connectivity index (χ4v) is 2.61. The van der Waals surface area contributed by atoms with E-state index in [0.717, 1.165) is 50.2 Å². The van der Waals surface area contributed by atoms with Crippen LogP contribution in [0.15, 0.2) is 0 Å². The van der Waals surface area contributed by atoms with E-state index in [1.54, 1.807) is 4.90 Å². The molecule has 100 valence electrons. The van der Waals surface area contributed by atoms with E-state index in [1.165, 1.54) is 0 Å². The van der Waals surface area contributed by atoms with Crippen molar-refractivity contribution in [3.63, 3.8) is 0 Å². The Balaban J connectivity index is 2.61. The van der Waals surface area contributed by atoms with Crippen LogP contribution in [0.1, 0.15) is 20.3 Å². The molecule has 1 amide bonds. The van der Waals surface area contributed by atoms with Crippen molar-refractivity contribution >= 4 is 5.91 Å². The Labute approximate surface area is 106 Å². The average molecular weight is 242 g/mol. The van der Waals surface area contributed by atoms with Crippen LogP contribution in [0.2, 0.25) is 0 Å². The molecule has 1 saturated heterocycles. The molecule has 1 heterocycles. The summed E-state index contributed by atoms with van der Waals surface area (Å²) >= 11 is 0. The smallest absolute Gasteiger partial charge is 0.277 e. The molecule has 0 radical (unpaired) electrons. The van der Waals surface area contributed by atoms with Gasteiger partial charge in [-0.05, 0) is 13.0 Å². The largest absolute Gasteiger partial charge is 0.344 e. The second-order valence-electron chi connectivity index (χ2n) is 5.39. The minimum Gasteiger partial charge on any atom is -0.344 e. The molecule has 0 aromatic carbocycles. The highest BCUT2D eigenvalue weighted by molar-refractivity contribution is 5.76. The highest BCUT2D eigenvalue weighted by Gasteiger charge is 2.34. The molecule has 0 unspecified atom stereocenters. The van der Waals surface area contributed by atoms with E-state index >= 15 is 0 Å². The number of hydrogen-bond acceptors (Lipinski definition) is 2. The van der Waals surface area contributed by atoms with Gasteiger partial charge in [-0.15, -0.1) is 0 Å². The van der Waals surface area contributed by atoms with Crippen molar-refractivity contribution in [3.8, 4) is 0 Å². The predicted molar refractivity (Wildman–Crippen MR) is 70.8 cm³/mol. The van der Waals surface area contributed by atoms with Gasteiger partial charge in [-0.2, -0.15) is 0 Å². The van der Waals surface area contributed by atoms with Crippen LogP contribution >= 0.6 is 0 Å². The van der Waals surface area contributed by atoms with Crippen LogP contribution in [0.3, 0.4) is 0 Å².